The van der Waals surface area contributed by atoms with Crippen LogP contribution in [-0.4, -0.2) is 28.1 Å². The minimum Gasteiger partial charge on any atom is -0.495 e. The molecule has 0 aliphatic heterocycles. The van der Waals surface area contributed by atoms with E-state index < -0.39 is 10.0 Å². The highest BCUT2D eigenvalue weighted by Crippen LogP contribution is 2.22. The third-order valence-electron chi connectivity index (χ3n) is 2.07. The average molecular weight is 281 g/mol. The van der Waals surface area contributed by atoms with Crippen molar-refractivity contribution in [3.8, 4) is 5.75 Å². The lowest BCUT2D eigenvalue weighted by Gasteiger charge is -2.13. The van der Waals surface area contributed by atoms with Gasteiger partial charge >= 0.3 is 0 Å². The minimum atomic E-state index is -3.57. The van der Waals surface area contributed by atoms with Gasteiger partial charge in [0, 0.05) is 12.6 Å². The molecule has 3 N–H and O–H groups in total. The highest BCUT2D eigenvalue weighted by atomic mass is 35.5. The van der Waals surface area contributed by atoms with Crippen LogP contribution in [0.25, 0.3) is 0 Å². The second kappa shape index (κ2) is 6.80. The largest absolute Gasteiger partial charge is 0.495 e. The number of ether oxygens (including phenoxy) is 1. The van der Waals surface area contributed by atoms with Gasteiger partial charge in [-0.1, -0.05) is 12.1 Å². The molecule has 0 aromatic heterocycles. The van der Waals surface area contributed by atoms with Crippen LogP contribution >= 0.6 is 12.4 Å². The summed E-state index contributed by atoms with van der Waals surface area (Å²) in [5.41, 5.74) is 5.37. The molecule has 0 bridgehead atoms. The van der Waals surface area contributed by atoms with Crippen LogP contribution in [0.1, 0.15) is 6.92 Å². The monoisotopic (exact) mass is 280 g/mol. The van der Waals surface area contributed by atoms with Crippen LogP contribution in [0.15, 0.2) is 29.2 Å². The standard InChI is InChI=1S/C10H16N2O3S.ClH/c1-8(7-11)12-16(13,14)10-6-4-3-5-9(10)15-2;/h3-6,8,12H,7,11H2,1-2H3;1H/t8-;/m0./s1. The van der Waals surface area contributed by atoms with Gasteiger partial charge in [0.1, 0.15) is 10.6 Å². The molecule has 0 aliphatic rings. The van der Waals surface area contributed by atoms with Crippen LogP contribution in [0.5, 0.6) is 5.75 Å². The first-order valence-electron chi connectivity index (χ1n) is 4.86. The minimum absolute atomic E-state index is 0. The van der Waals surface area contributed by atoms with Crippen molar-refractivity contribution in [3.05, 3.63) is 24.3 Å². The van der Waals surface area contributed by atoms with Gasteiger partial charge in [-0.15, -0.1) is 12.4 Å². The van der Waals surface area contributed by atoms with Gasteiger partial charge in [-0.2, -0.15) is 0 Å². The molecule has 0 aliphatic carbocycles. The highest BCUT2D eigenvalue weighted by molar-refractivity contribution is 7.89. The molecule has 0 unspecified atom stereocenters. The van der Waals surface area contributed by atoms with E-state index in [4.69, 9.17) is 10.5 Å². The number of halogens is 1. The Morgan fingerprint density at radius 3 is 2.53 bits per heavy atom. The molecule has 1 aromatic rings. The average Bonchev–Trinajstić information content (AvgIpc) is 2.28. The van der Waals surface area contributed by atoms with Gasteiger partial charge in [0.25, 0.3) is 0 Å². The predicted octanol–water partition coefficient (Wildman–Crippen LogP) is 0.742. The fraction of sp³-hybridized carbons (Fsp3) is 0.400. The summed E-state index contributed by atoms with van der Waals surface area (Å²) in [4.78, 5) is 0.123. The maximum absolute atomic E-state index is 11.9. The summed E-state index contributed by atoms with van der Waals surface area (Å²) in [5, 5.41) is 0. The van der Waals surface area contributed by atoms with Crippen molar-refractivity contribution in [2.45, 2.75) is 17.9 Å². The molecule has 1 atom stereocenters. The van der Waals surface area contributed by atoms with Crippen LogP contribution < -0.4 is 15.2 Å². The molecule has 0 amide bonds. The van der Waals surface area contributed by atoms with Crippen molar-refractivity contribution in [2.75, 3.05) is 13.7 Å². The summed E-state index contributed by atoms with van der Waals surface area (Å²) in [6.07, 6.45) is 0. The highest BCUT2D eigenvalue weighted by Gasteiger charge is 2.20. The molecule has 0 radical (unpaired) electrons. The summed E-state index contributed by atoms with van der Waals surface area (Å²) in [5.74, 6) is 0.319. The zero-order valence-corrected chi connectivity index (χ0v) is 11.3. The summed E-state index contributed by atoms with van der Waals surface area (Å²) in [7, 11) is -2.14. The Morgan fingerprint density at radius 2 is 2.00 bits per heavy atom. The molecule has 0 fully saturated rings. The number of rotatable bonds is 5. The van der Waals surface area contributed by atoms with Crippen molar-refractivity contribution in [2.24, 2.45) is 5.73 Å². The van der Waals surface area contributed by atoms with Gasteiger partial charge in [-0.05, 0) is 19.1 Å². The molecular formula is C10H17ClN2O3S. The number of para-hydroxylation sites is 1. The van der Waals surface area contributed by atoms with Gasteiger partial charge in [0.05, 0.1) is 7.11 Å². The topological polar surface area (TPSA) is 81.4 Å². The fourth-order valence-corrected chi connectivity index (χ4v) is 2.64. The summed E-state index contributed by atoms with van der Waals surface area (Å²) in [6.45, 7) is 1.95. The number of benzene rings is 1. The van der Waals surface area contributed by atoms with E-state index in [1.54, 1.807) is 25.1 Å². The lowest BCUT2D eigenvalue weighted by atomic mass is 10.3. The first kappa shape index (κ1) is 16.2. The zero-order valence-electron chi connectivity index (χ0n) is 9.71. The Bertz CT molecular complexity index is 451. The van der Waals surface area contributed by atoms with E-state index in [1.807, 2.05) is 0 Å². The molecule has 1 rings (SSSR count). The van der Waals surface area contributed by atoms with Crippen molar-refractivity contribution in [1.29, 1.82) is 0 Å². The van der Waals surface area contributed by atoms with E-state index in [0.717, 1.165) is 0 Å². The molecule has 0 heterocycles. The molecule has 0 saturated carbocycles. The number of hydrogen-bond acceptors (Lipinski definition) is 4. The molecule has 5 nitrogen and oxygen atoms in total. The summed E-state index contributed by atoms with van der Waals surface area (Å²) >= 11 is 0. The Balaban J connectivity index is 0.00000256. The molecule has 0 spiro atoms. The quantitative estimate of drug-likeness (QED) is 0.834. The van der Waals surface area contributed by atoms with Crippen molar-refractivity contribution in [3.63, 3.8) is 0 Å². The predicted molar refractivity (Wildman–Crippen MR) is 69.1 cm³/mol. The van der Waals surface area contributed by atoms with Gasteiger partial charge in [0.15, 0.2) is 0 Å². The molecule has 17 heavy (non-hydrogen) atoms. The number of sulfonamides is 1. The molecular weight excluding hydrogens is 264 g/mol. The van der Waals surface area contributed by atoms with Crippen LogP contribution in [-0.2, 0) is 10.0 Å². The van der Waals surface area contributed by atoms with Gasteiger partial charge in [0.2, 0.25) is 10.0 Å². The smallest absolute Gasteiger partial charge is 0.244 e. The summed E-state index contributed by atoms with van der Waals surface area (Å²) in [6, 6.07) is 6.13. The SMILES string of the molecule is COc1ccccc1S(=O)(=O)N[C@@H](C)CN.Cl. The second-order valence-electron chi connectivity index (χ2n) is 3.41. The maximum Gasteiger partial charge on any atom is 0.244 e. The Labute approximate surface area is 108 Å². The maximum atomic E-state index is 11.9. The number of nitrogens with one attached hydrogen (secondary N) is 1. The third-order valence-corrected chi connectivity index (χ3v) is 3.70. The number of nitrogens with two attached hydrogens (primary N) is 1. The van der Waals surface area contributed by atoms with E-state index in [-0.39, 0.29) is 29.9 Å². The number of hydrogen-bond donors (Lipinski definition) is 2. The summed E-state index contributed by atoms with van der Waals surface area (Å²) < 4.78 is 31.3. The second-order valence-corrected chi connectivity index (χ2v) is 5.09. The lowest BCUT2D eigenvalue weighted by Crippen LogP contribution is -2.37. The van der Waals surface area contributed by atoms with E-state index in [1.165, 1.54) is 13.2 Å². The third kappa shape index (κ3) is 4.16. The Kier molecular flexibility index (Phi) is 6.48. The first-order valence-corrected chi connectivity index (χ1v) is 6.35. The molecule has 98 valence electrons. The van der Waals surface area contributed by atoms with Crippen molar-refractivity contribution < 1.29 is 13.2 Å². The van der Waals surface area contributed by atoms with E-state index in [9.17, 15) is 8.42 Å². The normalized spacial score (nSPS) is 12.6. The number of methoxy groups -OCH3 is 1. The van der Waals surface area contributed by atoms with Crippen LogP contribution in [0, 0.1) is 0 Å². The molecule has 1 aromatic carbocycles. The van der Waals surface area contributed by atoms with Gasteiger partial charge in [-0.25, -0.2) is 13.1 Å². The molecule has 7 heteroatoms. The van der Waals surface area contributed by atoms with E-state index >= 15 is 0 Å². The van der Waals surface area contributed by atoms with Gasteiger partial charge in [-0.3, -0.25) is 0 Å². The van der Waals surface area contributed by atoms with Crippen LogP contribution in [0.2, 0.25) is 0 Å². The fourth-order valence-electron chi connectivity index (χ4n) is 1.22. The van der Waals surface area contributed by atoms with Crippen LogP contribution in [0.3, 0.4) is 0 Å². The Hall–Kier alpha value is -0.820. The molecule has 0 saturated heterocycles. The lowest BCUT2D eigenvalue weighted by molar-refractivity contribution is 0.402. The van der Waals surface area contributed by atoms with Gasteiger partial charge < -0.3 is 10.5 Å². The van der Waals surface area contributed by atoms with Crippen molar-refractivity contribution in [1.82, 2.24) is 4.72 Å². The Morgan fingerprint density at radius 1 is 1.41 bits per heavy atom. The first-order chi connectivity index (χ1) is 7.51. The van der Waals surface area contributed by atoms with Crippen molar-refractivity contribution >= 4 is 22.4 Å². The van der Waals surface area contributed by atoms with Crippen LogP contribution in [0.4, 0.5) is 0 Å². The van der Waals surface area contributed by atoms with E-state index in [0.29, 0.717) is 5.75 Å². The van der Waals surface area contributed by atoms with E-state index in [2.05, 4.69) is 4.72 Å². The zero-order chi connectivity index (χ0) is 12.2.